The highest BCUT2D eigenvalue weighted by molar-refractivity contribution is 5.90. The lowest BCUT2D eigenvalue weighted by Crippen LogP contribution is -2.43. The van der Waals surface area contributed by atoms with Crippen molar-refractivity contribution in [2.45, 2.75) is 27.2 Å². The average Bonchev–Trinajstić information content (AvgIpc) is 2.88. The molecule has 1 aromatic carbocycles. The van der Waals surface area contributed by atoms with Crippen molar-refractivity contribution in [3.63, 3.8) is 0 Å². The predicted octanol–water partition coefficient (Wildman–Crippen LogP) is 2.83. The largest absolute Gasteiger partial charge is 0.335 e. The van der Waals surface area contributed by atoms with E-state index >= 15 is 0 Å². The fourth-order valence-electron chi connectivity index (χ4n) is 3.28. The number of piperidine rings is 1. The Balaban J connectivity index is 1.85. The molecule has 1 fully saturated rings. The summed E-state index contributed by atoms with van der Waals surface area (Å²) >= 11 is 0. The lowest BCUT2D eigenvalue weighted by atomic mass is 9.92. The Labute approximate surface area is 135 Å². The van der Waals surface area contributed by atoms with Crippen LogP contribution in [0.2, 0.25) is 0 Å². The standard InChI is InChI=1S/C17H21FN4O/c1-11-8-12(2)10-21(9-11)17(23)16-19-13(3)22(20-16)15-6-4-14(18)5-7-15/h4-7,11-12H,8-10H2,1-3H3/t11-,12-/m1/s1. The summed E-state index contributed by atoms with van der Waals surface area (Å²) in [5.74, 6) is 1.35. The lowest BCUT2D eigenvalue weighted by molar-refractivity contribution is 0.0611. The van der Waals surface area contributed by atoms with Gasteiger partial charge in [0.05, 0.1) is 5.69 Å². The van der Waals surface area contributed by atoms with Gasteiger partial charge in [-0.1, -0.05) is 13.8 Å². The number of halogens is 1. The highest BCUT2D eigenvalue weighted by Gasteiger charge is 2.28. The van der Waals surface area contributed by atoms with E-state index in [0.29, 0.717) is 23.3 Å². The first-order valence-corrected chi connectivity index (χ1v) is 7.93. The fraction of sp³-hybridized carbons (Fsp3) is 0.471. The maximum absolute atomic E-state index is 13.0. The quantitative estimate of drug-likeness (QED) is 0.856. The van der Waals surface area contributed by atoms with E-state index in [1.54, 1.807) is 23.7 Å². The molecule has 0 aliphatic carbocycles. The molecule has 1 amide bonds. The summed E-state index contributed by atoms with van der Waals surface area (Å²) in [4.78, 5) is 18.8. The maximum atomic E-state index is 13.0. The molecule has 0 unspecified atom stereocenters. The number of nitrogens with zero attached hydrogens (tertiary/aromatic N) is 4. The number of carbonyl (C=O) groups excluding carboxylic acids is 1. The first-order valence-electron chi connectivity index (χ1n) is 7.93. The molecule has 0 saturated carbocycles. The molecule has 3 rings (SSSR count). The van der Waals surface area contributed by atoms with Crippen molar-refractivity contribution in [3.05, 3.63) is 41.7 Å². The molecule has 6 heteroatoms. The third-order valence-electron chi connectivity index (χ3n) is 4.19. The molecule has 23 heavy (non-hydrogen) atoms. The monoisotopic (exact) mass is 316 g/mol. The van der Waals surface area contributed by atoms with Crippen LogP contribution in [0.5, 0.6) is 0 Å². The number of aryl methyl sites for hydroxylation is 1. The number of likely N-dealkylation sites (tertiary alicyclic amines) is 1. The molecule has 0 spiro atoms. The van der Waals surface area contributed by atoms with Crippen LogP contribution in [-0.2, 0) is 0 Å². The van der Waals surface area contributed by atoms with Crippen LogP contribution in [0.25, 0.3) is 5.69 Å². The van der Waals surface area contributed by atoms with Crippen molar-refractivity contribution in [1.82, 2.24) is 19.7 Å². The minimum atomic E-state index is -0.306. The number of benzene rings is 1. The summed E-state index contributed by atoms with van der Waals surface area (Å²) in [6.45, 7) is 7.59. The first kappa shape index (κ1) is 15.6. The van der Waals surface area contributed by atoms with Gasteiger partial charge in [0.15, 0.2) is 0 Å². The summed E-state index contributed by atoms with van der Waals surface area (Å²) in [6, 6.07) is 5.98. The van der Waals surface area contributed by atoms with E-state index in [2.05, 4.69) is 23.9 Å². The van der Waals surface area contributed by atoms with E-state index < -0.39 is 0 Å². The Kier molecular flexibility index (Phi) is 4.15. The van der Waals surface area contributed by atoms with E-state index in [-0.39, 0.29) is 17.5 Å². The van der Waals surface area contributed by atoms with Crippen molar-refractivity contribution >= 4 is 5.91 Å². The molecule has 2 atom stereocenters. The molecule has 0 bridgehead atoms. The average molecular weight is 316 g/mol. The van der Waals surface area contributed by atoms with Crippen LogP contribution in [0.4, 0.5) is 4.39 Å². The Morgan fingerprint density at radius 2 is 1.78 bits per heavy atom. The highest BCUT2D eigenvalue weighted by atomic mass is 19.1. The number of hydrogen-bond donors (Lipinski definition) is 0. The molecule has 0 radical (unpaired) electrons. The minimum absolute atomic E-state index is 0.132. The molecule has 2 heterocycles. The van der Waals surface area contributed by atoms with Crippen molar-refractivity contribution in [2.24, 2.45) is 11.8 Å². The molecule has 1 saturated heterocycles. The van der Waals surface area contributed by atoms with E-state index in [0.717, 1.165) is 19.5 Å². The van der Waals surface area contributed by atoms with Crippen LogP contribution >= 0.6 is 0 Å². The molecular formula is C17H21FN4O. The van der Waals surface area contributed by atoms with Crippen LogP contribution in [0.1, 0.15) is 36.7 Å². The molecule has 1 aromatic heterocycles. The topological polar surface area (TPSA) is 51.0 Å². The van der Waals surface area contributed by atoms with E-state index in [1.807, 2.05) is 4.90 Å². The highest BCUT2D eigenvalue weighted by Crippen LogP contribution is 2.22. The van der Waals surface area contributed by atoms with Crippen LogP contribution < -0.4 is 0 Å². The molecule has 2 aromatic rings. The number of hydrogen-bond acceptors (Lipinski definition) is 3. The number of amides is 1. The molecule has 0 N–H and O–H groups in total. The SMILES string of the molecule is Cc1nc(C(=O)N2C[C@H](C)C[C@@H](C)C2)nn1-c1ccc(F)cc1. The van der Waals surface area contributed by atoms with E-state index in [1.165, 1.54) is 12.1 Å². The Hall–Kier alpha value is -2.24. The molecule has 1 aliphatic rings. The normalized spacial score (nSPS) is 21.5. The van der Waals surface area contributed by atoms with Gasteiger partial charge in [0.2, 0.25) is 5.82 Å². The van der Waals surface area contributed by atoms with Crippen molar-refractivity contribution < 1.29 is 9.18 Å². The van der Waals surface area contributed by atoms with Gasteiger partial charge in [-0.25, -0.2) is 14.1 Å². The van der Waals surface area contributed by atoms with Gasteiger partial charge in [0.1, 0.15) is 11.6 Å². The second-order valence-corrected chi connectivity index (χ2v) is 6.53. The Morgan fingerprint density at radius 1 is 1.17 bits per heavy atom. The van der Waals surface area contributed by atoms with Gasteiger partial charge < -0.3 is 4.90 Å². The van der Waals surface area contributed by atoms with Crippen molar-refractivity contribution in [3.8, 4) is 5.69 Å². The number of aromatic nitrogens is 3. The van der Waals surface area contributed by atoms with Crippen LogP contribution in [0.15, 0.2) is 24.3 Å². The van der Waals surface area contributed by atoms with Crippen molar-refractivity contribution in [1.29, 1.82) is 0 Å². The molecular weight excluding hydrogens is 295 g/mol. The zero-order chi connectivity index (χ0) is 16.6. The summed E-state index contributed by atoms with van der Waals surface area (Å²) < 4.78 is 14.6. The van der Waals surface area contributed by atoms with Gasteiger partial charge in [-0.15, -0.1) is 5.10 Å². The van der Waals surface area contributed by atoms with Gasteiger partial charge in [-0.05, 0) is 49.4 Å². The summed E-state index contributed by atoms with van der Waals surface area (Å²) in [6.07, 6.45) is 1.14. The first-order chi connectivity index (χ1) is 10.9. The van der Waals surface area contributed by atoms with Crippen LogP contribution in [0, 0.1) is 24.6 Å². The fourth-order valence-corrected chi connectivity index (χ4v) is 3.28. The number of carbonyl (C=O) groups is 1. The van der Waals surface area contributed by atoms with E-state index in [9.17, 15) is 9.18 Å². The van der Waals surface area contributed by atoms with Crippen molar-refractivity contribution in [2.75, 3.05) is 13.1 Å². The minimum Gasteiger partial charge on any atom is -0.335 e. The second kappa shape index (κ2) is 6.10. The maximum Gasteiger partial charge on any atom is 0.293 e. The zero-order valence-corrected chi connectivity index (χ0v) is 13.7. The zero-order valence-electron chi connectivity index (χ0n) is 13.7. The number of rotatable bonds is 2. The van der Waals surface area contributed by atoms with Crippen LogP contribution in [0.3, 0.4) is 0 Å². The van der Waals surface area contributed by atoms with Gasteiger partial charge in [-0.3, -0.25) is 4.79 Å². The molecule has 1 aliphatic heterocycles. The molecule has 122 valence electrons. The predicted molar refractivity (Wildman–Crippen MR) is 84.9 cm³/mol. The summed E-state index contributed by atoms with van der Waals surface area (Å²) in [5, 5.41) is 4.33. The second-order valence-electron chi connectivity index (χ2n) is 6.53. The van der Waals surface area contributed by atoms with Crippen LogP contribution in [-0.4, -0.2) is 38.7 Å². The van der Waals surface area contributed by atoms with Gasteiger partial charge >= 0.3 is 0 Å². The van der Waals surface area contributed by atoms with Gasteiger partial charge in [0.25, 0.3) is 5.91 Å². The van der Waals surface area contributed by atoms with Gasteiger partial charge in [0, 0.05) is 13.1 Å². The van der Waals surface area contributed by atoms with Gasteiger partial charge in [-0.2, -0.15) is 0 Å². The summed E-state index contributed by atoms with van der Waals surface area (Å²) in [7, 11) is 0. The van der Waals surface area contributed by atoms with E-state index in [4.69, 9.17) is 0 Å². The summed E-state index contributed by atoms with van der Waals surface area (Å²) in [5.41, 5.74) is 0.691. The Bertz CT molecular complexity index is 700. The molecule has 5 nitrogen and oxygen atoms in total. The Morgan fingerprint density at radius 3 is 2.39 bits per heavy atom. The third-order valence-corrected chi connectivity index (χ3v) is 4.19. The third kappa shape index (κ3) is 3.25. The lowest BCUT2D eigenvalue weighted by Gasteiger charge is -2.34. The smallest absolute Gasteiger partial charge is 0.293 e.